The van der Waals surface area contributed by atoms with Crippen LogP contribution < -0.4 is 0 Å². The van der Waals surface area contributed by atoms with E-state index in [1.54, 1.807) is 22.5 Å². The summed E-state index contributed by atoms with van der Waals surface area (Å²) >= 11 is 3.04. The maximum absolute atomic E-state index is 12.6. The number of nitrogens with zero attached hydrogens (tertiary/aromatic N) is 4. The van der Waals surface area contributed by atoms with E-state index >= 15 is 0 Å². The maximum Gasteiger partial charge on any atom is 0.233 e. The van der Waals surface area contributed by atoms with Crippen LogP contribution in [0.3, 0.4) is 0 Å². The van der Waals surface area contributed by atoms with E-state index in [-0.39, 0.29) is 11.7 Å². The van der Waals surface area contributed by atoms with Gasteiger partial charge in [-0.3, -0.25) is 9.36 Å². The minimum absolute atomic E-state index is 0.0482. The number of furan rings is 1. The summed E-state index contributed by atoms with van der Waals surface area (Å²) in [5.41, 5.74) is 1.82. The summed E-state index contributed by atoms with van der Waals surface area (Å²) in [5.74, 6) is 1.81. The van der Waals surface area contributed by atoms with Gasteiger partial charge < -0.3 is 9.32 Å². The molecule has 0 saturated carbocycles. The average molecular weight is 425 g/mol. The zero-order chi connectivity index (χ0) is 20.2. The van der Waals surface area contributed by atoms with E-state index < -0.39 is 0 Å². The first-order chi connectivity index (χ1) is 14.1. The van der Waals surface area contributed by atoms with Gasteiger partial charge in [-0.2, -0.15) is 0 Å². The predicted octanol–water partition coefficient (Wildman–Crippen LogP) is 4.65. The Kier molecular flexibility index (Phi) is 5.82. The number of carbonyl (C=O) groups excluding carboxylic acids is 1. The van der Waals surface area contributed by atoms with E-state index in [9.17, 15) is 4.79 Å². The molecule has 148 valence electrons. The van der Waals surface area contributed by atoms with Crippen LogP contribution in [0.4, 0.5) is 0 Å². The van der Waals surface area contributed by atoms with Crippen molar-refractivity contribution in [2.75, 3.05) is 12.8 Å². The molecule has 0 aliphatic heterocycles. The fraction of sp³-hybridized carbons (Fsp3) is 0.190. The fourth-order valence-corrected chi connectivity index (χ4v) is 4.58. The lowest BCUT2D eigenvalue weighted by molar-refractivity contribution is -0.127. The maximum atomic E-state index is 12.6. The Balaban J connectivity index is 1.57. The average Bonchev–Trinajstić information content (AvgIpc) is 3.47. The first-order valence-corrected chi connectivity index (χ1v) is 10.9. The molecule has 29 heavy (non-hydrogen) atoms. The monoisotopic (exact) mass is 424 g/mol. The highest BCUT2D eigenvalue weighted by molar-refractivity contribution is 7.99. The smallest absolute Gasteiger partial charge is 0.233 e. The number of thiophene rings is 1. The van der Waals surface area contributed by atoms with Crippen molar-refractivity contribution in [3.05, 3.63) is 70.8 Å². The number of benzene rings is 1. The zero-order valence-electron chi connectivity index (χ0n) is 16.1. The van der Waals surface area contributed by atoms with E-state index in [1.165, 1.54) is 11.8 Å². The second-order valence-electron chi connectivity index (χ2n) is 6.49. The van der Waals surface area contributed by atoms with Gasteiger partial charge in [-0.25, -0.2) is 0 Å². The van der Waals surface area contributed by atoms with Crippen LogP contribution in [0.15, 0.2) is 69.7 Å². The summed E-state index contributed by atoms with van der Waals surface area (Å²) in [6.45, 7) is 2.51. The molecule has 3 heterocycles. The molecule has 0 bridgehead atoms. The summed E-state index contributed by atoms with van der Waals surface area (Å²) in [6.07, 6.45) is 1.64. The van der Waals surface area contributed by atoms with Crippen molar-refractivity contribution >= 4 is 29.0 Å². The summed E-state index contributed by atoms with van der Waals surface area (Å²) in [6, 6.07) is 15.8. The van der Waals surface area contributed by atoms with Crippen molar-refractivity contribution in [2.24, 2.45) is 0 Å². The number of thioether (sulfide) groups is 1. The van der Waals surface area contributed by atoms with Crippen LogP contribution in [0, 0.1) is 6.92 Å². The highest BCUT2D eigenvalue weighted by Gasteiger charge is 2.20. The fourth-order valence-electron chi connectivity index (χ4n) is 2.93. The van der Waals surface area contributed by atoms with Gasteiger partial charge in [-0.15, -0.1) is 21.5 Å². The standard InChI is InChI=1S/C21H20N4O2S2/c1-15-18(10-11-27-15)20-22-23-21(25(20)16-7-4-3-5-8-16)29-14-19(26)24(2)13-17-9-6-12-28-17/h3-12H,13-14H2,1-2H3. The van der Waals surface area contributed by atoms with Crippen molar-refractivity contribution < 1.29 is 9.21 Å². The highest BCUT2D eigenvalue weighted by Crippen LogP contribution is 2.30. The predicted molar refractivity (Wildman–Crippen MR) is 115 cm³/mol. The lowest BCUT2D eigenvalue weighted by Gasteiger charge is -2.16. The number of amides is 1. The van der Waals surface area contributed by atoms with Gasteiger partial charge in [-0.05, 0) is 36.6 Å². The third kappa shape index (κ3) is 4.28. The number of aryl methyl sites for hydroxylation is 1. The molecule has 8 heteroatoms. The van der Waals surface area contributed by atoms with Gasteiger partial charge in [0.1, 0.15) is 5.76 Å². The zero-order valence-corrected chi connectivity index (χ0v) is 17.7. The van der Waals surface area contributed by atoms with Crippen LogP contribution in [0.25, 0.3) is 17.1 Å². The molecule has 0 N–H and O–H groups in total. The normalized spacial score (nSPS) is 11.0. The summed E-state index contributed by atoms with van der Waals surface area (Å²) in [4.78, 5) is 15.5. The van der Waals surface area contributed by atoms with E-state index in [2.05, 4.69) is 10.2 Å². The van der Waals surface area contributed by atoms with Crippen LogP contribution >= 0.6 is 23.1 Å². The molecule has 6 nitrogen and oxygen atoms in total. The molecule has 0 radical (unpaired) electrons. The van der Waals surface area contributed by atoms with Gasteiger partial charge in [0.2, 0.25) is 5.91 Å². The topological polar surface area (TPSA) is 64.2 Å². The van der Waals surface area contributed by atoms with Crippen LogP contribution in [-0.4, -0.2) is 38.4 Å². The van der Waals surface area contributed by atoms with Gasteiger partial charge in [0.25, 0.3) is 0 Å². The summed E-state index contributed by atoms with van der Waals surface area (Å²) < 4.78 is 7.42. The highest BCUT2D eigenvalue weighted by atomic mass is 32.2. The van der Waals surface area contributed by atoms with Gasteiger partial charge in [0.05, 0.1) is 24.1 Å². The molecule has 0 unspecified atom stereocenters. The molecule has 0 aliphatic rings. The molecule has 0 spiro atoms. The number of aromatic nitrogens is 3. The Morgan fingerprint density at radius 3 is 2.69 bits per heavy atom. The molecular weight excluding hydrogens is 404 g/mol. The Hall–Kier alpha value is -2.84. The SMILES string of the molecule is Cc1occc1-c1nnc(SCC(=O)N(C)Cc2cccs2)n1-c1ccccc1. The number of hydrogen-bond acceptors (Lipinski definition) is 6. The molecule has 4 rings (SSSR count). The van der Waals surface area contributed by atoms with E-state index in [4.69, 9.17) is 4.42 Å². The first-order valence-electron chi connectivity index (χ1n) is 9.08. The number of carbonyl (C=O) groups is 1. The molecule has 0 atom stereocenters. The minimum atomic E-state index is 0.0482. The molecule has 3 aromatic heterocycles. The Morgan fingerprint density at radius 2 is 2.00 bits per heavy atom. The Bertz CT molecular complexity index is 1090. The molecule has 0 fully saturated rings. The van der Waals surface area contributed by atoms with Crippen molar-refractivity contribution in [3.8, 4) is 17.1 Å². The van der Waals surface area contributed by atoms with Crippen molar-refractivity contribution in [1.29, 1.82) is 0 Å². The molecule has 1 amide bonds. The number of rotatable bonds is 7. The molecule has 0 aliphatic carbocycles. The molecule has 4 aromatic rings. The quantitative estimate of drug-likeness (QED) is 0.404. The van der Waals surface area contributed by atoms with Crippen molar-refractivity contribution in [3.63, 3.8) is 0 Å². The van der Waals surface area contributed by atoms with E-state index in [1.807, 2.05) is 72.4 Å². The molecule has 0 saturated heterocycles. The summed E-state index contributed by atoms with van der Waals surface area (Å²) in [7, 11) is 1.82. The van der Waals surface area contributed by atoms with E-state index in [0.29, 0.717) is 17.5 Å². The Labute approximate surface area is 177 Å². The third-order valence-corrected chi connectivity index (χ3v) is 6.25. The second-order valence-corrected chi connectivity index (χ2v) is 8.46. The van der Waals surface area contributed by atoms with Crippen molar-refractivity contribution in [2.45, 2.75) is 18.6 Å². The van der Waals surface area contributed by atoms with Gasteiger partial charge in [0, 0.05) is 17.6 Å². The largest absolute Gasteiger partial charge is 0.469 e. The minimum Gasteiger partial charge on any atom is -0.469 e. The van der Waals surface area contributed by atoms with Gasteiger partial charge in [-0.1, -0.05) is 36.0 Å². The van der Waals surface area contributed by atoms with Crippen LogP contribution in [0.5, 0.6) is 0 Å². The lowest BCUT2D eigenvalue weighted by atomic mass is 10.2. The van der Waals surface area contributed by atoms with Crippen molar-refractivity contribution in [1.82, 2.24) is 19.7 Å². The Morgan fingerprint density at radius 1 is 1.17 bits per heavy atom. The molecule has 1 aromatic carbocycles. The van der Waals surface area contributed by atoms with Gasteiger partial charge in [0.15, 0.2) is 11.0 Å². The van der Waals surface area contributed by atoms with Crippen LogP contribution in [0.2, 0.25) is 0 Å². The second kappa shape index (κ2) is 8.67. The third-order valence-electron chi connectivity index (χ3n) is 4.47. The number of hydrogen-bond donors (Lipinski definition) is 0. The summed E-state index contributed by atoms with van der Waals surface area (Å²) in [5, 5.41) is 11.4. The number of para-hydroxylation sites is 1. The lowest BCUT2D eigenvalue weighted by Crippen LogP contribution is -2.27. The van der Waals surface area contributed by atoms with Crippen LogP contribution in [0.1, 0.15) is 10.6 Å². The molecular formula is C21H20N4O2S2. The van der Waals surface area contributed by atoms with E-state index in [0.717, 1.165) is 21.9 Å². The first kappa shape index (κ1) is 19.5. The van der Waals surface area contributed by atoms with Crippen LogP contribution in [-0.2, 0) is 11.3 Å². The van der Waals surface area contributed by atoms with Gasteiger partial charge >= 0.3 is 0 Å².